The van der Waals surface area contributed by atoms with Gasteiger partial charge in [0.2, 0.25) is 0 Å². The maximum atomic E-state index is 10.9. The van der Waals surface area contributed by atoms with Gasteiger partial charge in [-0.05, 0) is 29.8 Å². The van der Waals surface area contributed by atoms with E-state index in [9.17, 15) is 9.90 Å². The molecule has 17 heavy (non-hydrogen) atoms. The zero-order chi connectivity index (χ0) is 12.4. The lowest BCUT2D eigenvalue weighted by Gasteiger charge is -2.09. The summed E-state index contributed by atoms with van der Waals surface area (Å²) in [5.41, 5.74) is 1.67. The molecule has 0 saturated heterocycles. The number of carboxylic acids is 1. The molecule has 86 valence electrons. The SMILES string of the molecule is C=Cn1c(C(=O)[O-])ccc1-c1ccc(Cl)cc1. The number of halogens is 1. The maximum absolute atomic E-state index is 10.9. The summed E-state index contributed by atoms with van der Waals surface area (Å²) in [6, 6.07) is 10.3. The molecule has 3 nitrogen and oxygen atoms in total. The van der Waals surface area contributed by atoms with Crippen molar-refractivity contribution in [3.8, 4) is 11.3 Å². The molecule has 1 heterocycles. The number of carboxylic acid groups (broad SMARTS) is 1. The van der Waals surface area contributed by atoms with Gasteiger partial charge in [0.05, 0.1) is 17.4 Å². The molecule has 0 radical (unpaired) electrons. The lowest BCUT2D eigenvalue weighted by Crippen LogP contribution is -2.24. The maximum Gasteiger partial charge on any atom is 0.0883 e. The molecule has 0 atom stereocenters. The normalized spacial score (nSPS) is 10.2. The predicted molar refractivity (Wildman–Crippen MR) is 65.6 cm³/mol. The van der Waals surface area contributed by atoms with Crippen molar-refractivity contribution in [2.75, 3.05) is 0 Å². The zero-order valence-corrected chi connectivity index (χ0v) is 9.65. The second kappa shape index (κ2) is 4.47. The summed E-state index contributed by atoms with van der Waals surface area (Å²) in [5, 5.41) is 11.5. The minimum atomic E-state index is -1.23. The van der Waals surface area contributed by atoms with Gasteiger partial charge in [-0.3, -0.25) is 0 Å². The second-order valence-electron chi connectivity index (χ2n) is 3.45. The van der Waals surface area contributed by atoms with E-state index in [1.807, 2.05) is 12.1 Å². The van der Waals surface area contributed by atoms with Gasteiger partial charge in [-0.25, -0.2) is 0 Å². The third-order valence-electron chi connectivity index (χ3n) is 2.45. The van der Waals surface area contributed by atoms with Crippen molar-refractivity contribution in [1.29, 1.82) is 0 Å². The highest BCUT2D eigenvalue weighted by Gasteiger charge is 2.08. The molecule has 0 unspecified atom stereocenters. The average Bonchev–Trinajstić information content (AvgIpc) is 2.73. The third-order valence-corrected chi connectivity index (χ3v) is 2.70. The Balaban J connectivity index is 2.56. The van der Waals surface area contributed by atoms with Gasteiger partial charge < -0.3 is 14.5 Å². The number of aromatic nitrogens is 1. The number of carbonyl (C=O) groups is 1. The van der Waals surface area contributed by atoms with Crippen LogP contribution in [0.2, 0.25) is 5.02 Å². The largest absolute Gasteiger partial charge is 0.543 e. The molecular weight excluding hydrogens is 238 g/mol. The van der Waals surface area contributed by atoms with Crippen molar-refractivity contribution in [1.82, 2.24) is 4.57 Å². The predicted octanol–water partition coefficient (Wildman–Crippen LogP) is 2.27. The highest BCUT2D eigenvalue weighted by molar-refractivity contribution is 6.30. The van der Waals surface area contributed by atoms with Crippen molar-refractivity contribution in [2.24, 2.45) is 0 Å². The molecule has 1 aromatic heterocycles. The van der Waals surface area contributed by atoms with Crippen LogP contribution < -0.4 is 5.11 Å². The molecular formula is C13H9ClNO2-. The van der Waals surface area contributed by atoms with Gasteiger partial charge in [-0.15, -0.1) is 0 Å². The number of hydrogen-bond acceptors (Lipinski definition) is 2. The van der Waals surface area contributed by atoms with Gasteiger partial charge in [0.15, 0.2) is 0 Å². The van der Waals surface area contributed by atoms with E-state index in [0.717, 1.165) is 11.3 Å². The Morgan fingerprint density at radius 1 is 1.24 bits per heavy atom. The Morgan fingerprint density at radius 2 is 1.88 bits per heavy atom. The van der Waals surface area contributed by atoms with Gasteiger partial charge in [0.25, 0.3) is 0 Å². The van der Waals surface area contributed by atoms with Crippen LogP contribution in [0.5, 0.6) is 0 Å². The highest BCUT2D eigenvalue weighted by Crippen LogP contribution is 2.24. The van der Waals surface area contributed by atoms with Crippen LogP contribution in [0, 0.1) is 0 Å². The number of aromatic carboxylic acids is 1. The Labute approximate surface area is 104 Å². The molecule has 0 spiro atoms. The number of benzene rings is 1. The third kappa shape index (κ3) is 2.10. The smallest absolute Gasteiger partial charge is 0.0883 e. The minimum absolute atomic E-state index is 0.0740. The standard InChI is InChI=1S/C13H10ClNO2/c1-2-15-11(7-8-12(15)13(16)17)9-3-5-10(14)6-4-9/h2-8H,1H2,(H,16,17)/p-1. The van der Waals surface area contributed by atoms with Crippen molar-refractivity contribution in [3.63, 3.8) is 0 Å². The van der Waals surface area contributed by atoms with Crippen molar-refractivity contribution < 1.29 is 9.90 Å². The van der Waals surface area contributed by atoms with E-state index in [1.54, 1.807) is 18.2 Å². The van der Waals surface area contributed by atoms with Crippen molar-refractivity contribution in [3.05, 3.63) is 53.7 Å². The first-order chi connectivity index (χ1) is 8.13. The van der Waals surface area contributed by atoms with E-state index >= 15 is 0 Å². The van der Waals surface area contributed by atoms with E-state index in [0.29, 0.717) is 5.02 Å². The summed E-state index contributed by atoms with van der Waals surface area (Å²) >= 11 is 5.80. The van der Waals surface area contributed by atoms with E-state index in [-0.39, 0.29) is 5.69 Å². The summed E-state index contributed by atoms with van der Waals surface area (Å²) < 4.78 is 1.47. The molecule has 0 aliphatic heterocycles. The molecule has 0 bridgehead atoms. The zero-order valence-electron chi connectivity index (χ0n) is 8.89. The molecule has 0 saturated carbocycles. The Bertz CT molecular complexity index is 570. The van der Waals surface area contributed by atoms with E-state index in [4.69, 9.17) is 11.6 Å². The van der Waals surface area contributed by atoms with Crippen LogP contribution in [0.1, 0.15) is 10.5 Å². The van der Waals surface area contributed by atoms with Gasteiger partial charge in [0.1, 0.15) is 0 Å². The van der Waals surface area contributed by atoms with Gasteiger partial charge in [-0.1, -0.05) is 30.3 Å². The van der Waals surface area contributed by atoms with Crippen LogP contribution in [0.25, 0.3) is 17.5 Å². The first kappa shape index (κ1) is 11.5. The molecule has 2 aromatic rings. The summed E-state index contributed by atoms with van der Waals surface area (Å²) in [5.74, 6) is -1.23. The Hall–Kier alpha value is -2.00. The lowest BCUT2D eigenvalue weighted by molar-refractivity contribution is -0.255. The first-order valence-corrected chi connectivity index (χ1v) is 5.32. The Kier molecular flexibility index (Phi) is 3.02. The summed E-state index contributed by atoms with van der Waals surface area (Å²) in [6.07, 6.45) is 1.44. The molecule has 4 heteroatoms. The summed E-state index contributed by atoms with van der Waals surface area (Å²) in [6.45, 7) is 3.60. The quantitative estimate of drug-likeness (QED) is 0.834. The Morgan fingerprint density at radius 3 is 2.41 bits per heavy atom. The topological polar surface area (TPSA) is 45.1 Å². The van der Waals surface area contributed by atoms with Crippen LogP contribution >= 0.6 is 11.6 Å². The number of carbonyl (C=O) groups excluding carboxylic acids is 1. The van der Waals surface area contributed by atoms with Crippen LogP contribution in [-0.2, 0) is 0 Å². The minimum Gasteiger partial charge on any atom is -0.543 e. The monoisotopic (exact) mass is 246 g/mol. The van der Waals surface area contributed by atoms with Crippen LogP contribution in [0.3, 0.4) is 0 Å². The molecule has 0 N–H and O–H groups in total. The average molecular weight is 247 g/mol. The highest BCUT2D eigenvalue weighted by atomic mass is 35.5. The van der Waals surface area contributed by atoms with E-state index < -0.39 is 5.97 Å². The van der Waals surface area contributed by atoms with Gasteiger partial charge in [0, 0.05) is 11.2 Å². The number of hydrogen-bond donors (Lipinski definition) is 0. The number of nitrogens with zero attached hydrogens (tertiary/aromatic N) is 1. The molecule has 0 aliphatic rings. The van der Waals surface area contributed by atoms with Crippen molar-refractivity contribution >= 4 is 23.8 Å². The molecule has 2 rings (SSSR count). The first-order valence-electron chi connectivity index (χ1n) is 4.94. The molecule has 1 aromatic carbocycles. The molecule has 0 fully saturated rings. The van der Waals surface area contributed by atoms with Gasteiger partial charge in [-0.2, -0.15) is 0 Å². The van der Waals surface area contributed by atoms with E-state index in [2.05, 4.69) is 6.58 Å². The molecule has 0 aliphatic carbocycles. The van der Waals surface area contributed by atoms with Crippen molar-refractivity contribution in [2.45, 2.75) is 0 Å². The fourth-order valence-corrected chi connectivity index (χ4v) is 1.79. The lowest BCUT2D eigenvalue weighted by atomic mass is 10.1. The molecule has 0 amide bonds. The van der Waals surface area contributed by atoms with Gasteiger partial charge >= 0.3 is 0 Å². The summed E-state index contributed by atoms with van der Waals surface area (Å²) in [4.78, 5) is 10.9. The number of rotatable bonds is 3. The second-order valence-corrected chi connectivity index (χ2v) is 3.89. The van der Waals surface area contributed by atoms with E-state index in [1.165, 1.54) is 16.8 Å². The van der Waals surface area contributed by atoms with Crippen LogP contribution in [0.4, 0.5) is 0 Å². The fraction of sp³-hybridized carbons (Fsp3) is 0. The van der Waals surface area contributed by atoms with Crippen LogP contribution in [-0.4, -0.2) is 10.5 Å². The summed E-state index contributed by atoms with van der Waals surface area (Å²) in [7, 11) is 0. The fourth-order valence-electron chi connectivity index (χ4n) is 1.67. The van der Waals surface area contributed by atoms with Crippen LogP contribution in [0.15, 0.2) is 43.0 Å².